The molecule has 5 rings (SSSR count). The summed E-state index contributed by atoms with van der Waals surface area (Å²) in [6.07, 6.45) is 3.77. The molecular formula is C23H22FN5O3. The van der Waals surface area contributed by atoms with Crippen molar-refractivity contribution in [3.8, 4) is 11.8 Å². The summed E-state index contributed by atoms with van der Waals surface area (Å²) in [6, 6.07) is 6.78. The number of halogens is 1. The van der Waals surface area contributed by atoms with Crippen LogP contribution in [0.15, 0.2) is 24.4 Å². The molecule has 0 spiro atoms. The average Bonchev–Trinajstić information content (AvgIpc) is 3.58. The highest BCUT2D eigenvalue weighted by Crippen LogP contribution is 2.45. The summed E-state index contributed by atoms with van der Waals surface area (Å²) in [5, 5.41) is 13.4. The number of morpholine rings is 1. The van der Waals surface area contributed by atoms with Gasteiger partial charge in [-0.05, 0) is 36.5 Å². The summed E-state index contributed by atoms with van der Waals surface area (Å²) in [6.45, 7) is 1.73. The Labute approximate surface area is 183 Å². The van der Waals surface area contributed by atoms with Crippen molar-refractivity contribution < 1.29 is 18.7 Å². The summed E-state index contributed by atoms with van der Waals surface area (Å²) in [4.78, 5) is 22.0. The van der Waals surface area contributed by atoms with Crippen LogP contribution in [0.1, 0.15) is 40.2 Å². The predicted molar refractivity (Wildman–Crippen MR) is 116 cm³/mol. The number of pyridine rings is 1. The molecule has 2 aromatic heterocycles. The second kappa shape index (κ2) is 8.13. The van der Waals surface area contributed by atoms with E-state index < -0.39 is 5.82 Å². The summed E-state index contributed by atoms with van der Waals surface area (Å²) >= 11 is 0. The van der Waals surface area contributed by atoms with Crippen molar-refractivity contribution in [1.29, 1.82) is 5.26 Å². The number of hydrogen-bond donors (Lipinski definition) is 2. The fourth-order valence-electron chi connectivity index (χ4n) is 4.09. The SMILES string of the molecule is COc1cc(C(=O)N2CCOCC2)c(F)cc1Nc1cc(C2CC2)c2c(C#N)c[nH]c2n1. The molecule has 2 aliphatic rings. The third-order valence-electron chi connectivity index (χ3n) is 5.89. The molecule has 1 amide bonds. The molecule has 0 bridgehead atoms. The number of ether oxygens (including phenoxy) is 2. The number of carbonyl (C=O) groups is 1. The number of amides is 1. The van der Waals surface area contributed by atoms with Crippen LogP contribution in [0.4, 0.5) is 15.9 Å². The van der Waals surface area contributed by atoms with Gasteiger partial charge in [0, 0.05) is 30.7 Å². The van der Waals surface area contributed by atoms with Crippen LogP contribution in [0, 0.1) is 17.1 Å². The second-order valence-electron chi connectivity index (χ2n) is 7.97. The van der Waals surface area contributed by atoms with Crippen molar-refractivity contribution in [3.05, 3.63) is 46.9 Å². The first-order valence-electron chi connectivity index (χ1n) is 10.5. The van der Waals surface area contributed by atoms with E-state index in [1.807, 2.05) is 6.07 Å². The van der Waals surface area contributed by atoms with E-state index in [4.69, 9.17) is 9.47 Å². The minimum absolute atomic E-state index is 0.0422. The van der Waals surface area contributed by atoms with E-state index in [0.29, 0.717) is 60.7 Å². The topological polar surface area (TPSA) is 103 Å². The Morgan fingerprint density at radius 3 is 2.81 bits per heavy atom. The number of anilines is 2. The van der Waals surface area contributed by atoms with Gasteiger partial charge in [0.15, 0.2) is 0 Å². The lowest BCUT2D eigenvalue weighted by atomic mass is 10.1. The number of methoxy groups -OCH3 is 1. The maximum absolute atomic E-state index is 15.0. The van der Waals surface area contributed by atoms with Gasteiger partial charge in [-0.2, -0.15) is 5.26 Å². The number of aromatic nitrogens is 2. The smallest absolute Gasteiger partial charge is 0.257 e. The van der Waals surface area contributed by atoms with Gasteiger partial charge in [-0.15, -0.1) is 0 Å². The predicted octanol–water partition coefficient (Wildman–Crippen LogP) is 3.68. The highest BCUT2D eigenvalue weighted by Gasteiger charge is 2.28. The molecule has 1 aromatic carbocycles. The molecule has 0 radical (unpaired) electrons. The molecule has 1 saturated heterocycles. The van der Waals surface area contributed by atoms with Crippen LogP contribution in [0.3, 0.4) is 0 Å². The van der Waals surface area contributed by atoms with E-state index in [0.717, 1.165) is 23.8 Å². The largest absolute Gasteiger partial charge is 0.495 e. The van der Waals surface area contributed by atoms with E-state index in [2.05, 4.69) is 21.4 Å². The lowest BCUT2D eigenvalue weighted by molar-refractivity contribution is 0.0299. The molecule has 3 heterocycles. The third kappa shape index (κ3) is 3.63. The van der Waals surface area contributed by atoms with Gasteiger partial charge in [-0.3, -0.25) is 4.79 Å². The Kier molecular flexibility index (Phi) is 5.15. The number of rotatable bonds is 5. The first kappa shape index (κ1) is 20.3. The zero-order valence-electron chi connectivity index (χ0n) is 17.6. The molecule has 1 aliphatic carbocycles. The molecule has 3 aromatic rings. The minimum atomic E-state index is -0.639. The van der Waals surface area contributed by atoms with Crippen LogP contribution in [0.25, 0.3) is 11.0 Å². The molecule has 9 heteroatoms. The van der Waals surface area contributed by atoms with E-state index in [-0.39, 0.29) is 11.5 Å². The molecule has 164 valence electrons. The van der Waals surface area contributed by atoms with Crippen molar-refractivity contribution in [1.82, 2.24) is 14.9 Å². The average molecular weight is 435 g/mol. The van der Waals surface area contributed by atoms with Crippen molar-refractivity contribution in [2.45, 2.75) is 18.8 Å². The number of nitrogens with zero attached hydrogens (tertiary/aromatic N) is 3. The zero-order valence-corrected chi connectivity index (χ0v) is 17.6. The first-order chi connectivity index (χ1) is 15.6. The number of nitriles is 1. The number of fused-ring (bicyclic) bond motifs is 1. The number of nitrogens with one attached hydrogen (secondary N) is 2. The number of carbonyl (C=O) groups excluding carboxylic acids is 1. The van der Waals surface area contributed by atoms with Gasteiger partial charge in [0.2, 0.25) is 0 Å². The molecule has 32 heavy (non-hydrogen) atoms. The molecular weight excluding hydrogens is 413 g/mol. The molecule has 1 aliphatic heterocycles. The Bertz CT molecular complexity index is 1240. The van der Waals surface area contributed by atoms with Gasteiger partial charge < -0.3 is 24.7 Å². The summed E-state index contributed by atoms with van der Waals surface area (Å²) in [7, 11) is 1.47. The van der Waals surface area contributed by atoms with E-state index in [1.54, 1.807) is 11.1 Å². The van der Waals surface area contributed by atoms with Gasteiger partial charge in [0.05, 0.1) is 37.1 Å². The van der Waals surface area contributed by atoms with Crippen molar-refractivity contribution in [2.75, 3.05) is 38.7 Å². The normalized spacial score (nSPS) is 16.1. The Hall–Kier alpha value is -3.64. The Morgan fingerprint density at radius 2 is 2.12 bits per heavy atom. The van der Waals surface area contributed by atoms with Crippen molar-refractivity contribution in [2.24, 2.45) is 0 Å². The molecule has 8 nitrogen and oxygen atoms in total. The lowest BCUT2D eigenvalue weighted by Crippen LogP contribution is -2.41. The van der Waals surface area contributed by atoms with E-state index >= 15 is 0 Å². The fraction of sp³-hybridized carbons (Fsp3) is 0.348. The molecule has 0 atom stereocenters. The summed E-state index contributed by atoms with van der Waals surface area (Å²) in [5.74, 6) is 0.204. The summed E-state index contributed by atoms with van der Waals surface area (Å²) in [5.41, 5.74) is 2.54. The zero-order chi connectivity index (χ0) is 22.2. The van der Waals surface area contributed by atoms with E-state index in [1.165, 1.54) is 19.2 Å². The Balaban J connectivity index is 1.49. The van der Waals surface area contributed by atoms with Crippen LogP contribution >= 0.6 is 0 Å². The van der Waals surface area contributed by atoms with Gasteiger partial charge in [-0.25, -0.2) is 9.37 Å². The molecule has 0 unspecified atom stereocenters. The fourth-order valence-corrected chi connectivity index (χ4v) is 4.09. The quantitative estimate of drug-likeness (QED) is 0.634. The third-order valence-corrected chi connectivity index (χ3v) is 5.89. The minimum Gasteiger partial charge on any atom is -0.495 e. The standard InChI is InChI=1S/C23H22FN5O3/c1-31-19-8-16(23(30)29-4-6-32-7-5-29)17(24)10-18(19)27-20-9-15(13-2-3-13)21-14(11-25)12-26-22(21)28-20/h8-10,12-13H,2-7H2,1H3,(H2,26,27,28). The van der Waals surface area contributed by atoms with Crippen LogP contribution in [-0.2, 0) is 4.74 Å². The van der Waals surface area contributed by atoms with Gasteiger partial charge in [-0.1, -0.05) is 0 Å². The maximum Gasteiger partial charge on any atom is 0.257 e. The second-order valence-corrected chi connectivity index (χ2v) is 7.97. The van der Waals surface area contributed by atoms with Gasteiger partial charge in [0.25, 0.3) is 5.91 Å². The van der Waals surface area contributed by atoms with Gasteiger partial charge >= 0.3 is 0 Å². The van der Waals surface area contributed by atoms with Crippen molar-refractivity contribution in [3.63, 3.8) is 0 Å². The number of hydrogen-bond acceptors (Lipinski definition) is 6. The molecule has 2 fully saturated rings. The molecule has 2 N–H and O–H groups in total. The summed E-state index contributed by atoms with van der Waals surface area (Å²) < 4.78 is 25.7. The monoisotopic (exact) mass is 435 g/mol. The number of aromatic amines is 1. The van der Waals surface area contributed by atoms with Crippen molar-refractivity contribution >= 4 is 28.4 Å². The number of H-pyrrole nitrogens is 1. The van der Waals surface area contributed by atoms with Crippen LogP contribution in [0.2, 0.25) is 0 Å². The van der Waals surface area contributed by atoms with Crippen LogP contribution in [0.5, 0.6) is 5.75 Å². The first-order valence-corrected chi connectivity index (χ1v) is 10.5. The van der Waals surface area contributed by atoms with Crippen LogP contribution < -0.4 is 10.1 Å². The maximum atomic E-state index is 15.0. The lowest BCUT2D eigenvalue weighted by Gasteiger charge is -2.27. The van der Waals surface area contributed by atoms with Crippen LogP contribution in [-0.4, -0.2) is 54.2 Å². The van der Waals surface area contributed by atoms with E-state index in [9.17, 15) is 14.4 Å². The highest BCUT2D eigenvalue weighted by molar-refractivity contribution is 5.96. The number of benzene rings is 1. The highest BCUT2D eigenvalue weighted by atomic mass is 19.1. The Morgan fingerprint density at radius 1 is 1.34 bits per heavy atom. The molecule has 1 saturated carbocycles. The van der Waals surface area contributed by atoms with Gasteiger partial charge in [0.1, 0.15) is 29.1 Å².